The highest BCUT2D eigenvalue weighted by Gasteiger charge is 2.23. The largest absolute Gasteiger partial charge is 0.352 e. The van der Waals surface area contributed by atoms with Gasteiger partial charge in [-0.25, -0.2) is 4.39 Å². The van der Waals surface area contributed by atoms with Gasteiger partial charge in [0.05, 0.1) is 0 Å². The van der Waals surface area contributed by atoms with Crippen molar-refractivity contribution in [2.75, 3.05) is 19.6 Å². The van der Waals surface area contributed by atoms with Gasteiger partial charge in [0, 0.05) is 45.8 Å². The first kappa shape index (κ1) is 26.4. The van der Waals surface area contributed by atoms with Crippen molar-refractivity contribution in [3.63, 3.8) is 0 Å². The molecular weight excluding hydrogens is 566 g/mol. The molecule has 4 rings (SSSR count). The van der Waals surface area contributed by atoms with Crippen molar-refractivity contribution in [2.45, 2.75) is 12.8 Å². The second-order valence-corrected chi connectivity index (χ2v) is 10.5. The van der Waals surface area contributed by atoms with Crippen LogP contribution in [-0.4, -0.2) is 36.3 Å². The van der Waals surface area contributed by atoms with Crippen LogP contribution in [0.1, 0.15) is 34.3 Å². The number of rotatable bonds is 6. The fourth-order valence-corrected chi connectivity index (χ4v) is 4.98. The zero-order valence-corrected chi connectivity index (χ0v) is 22.4. The summed E-state index contributed by atoms with van der Waals surface area (Å²) >= 11 is 15.4. The molecule has 0 saturated carbocycles. The van der Waals surface area contributed by atoms with E-state index in [-0.39, 0.29) is 23.5 Å². The number of hydrogen-bond acceptors (Lipinski definition) is 2. The second-order valence-electron chi connectivity index (χ2n) is 8.71. The van der Waals surface area contributed by atoms with Crippen LogP contribution in [-0.2, 0) is 4.79 Å². The third-order valence-corrected chi connectivity index (χ3v) is 7.15. The average Bonchev–Trinajstić information content (AvgIpc) is 2.86. The highest BCUT2D eigenvalue weighted by atomic mass is 79.9. The maximum absolute atomic E-state index is 13.5. The van der Waals surface area contributed by atoms with E-state index in [0.717, 1.165) is 34.0 Å². The maximum atomic E-state index is 13.5. The molecule has 1 aliphatic heterocycles. The summed E-state index contributed by atoms with van der Waals surface area (Å²) in [7, 11) is 0. The molecule has 1 aliphatic rings. The normalized spacial score (nSPS) is 14.6. The second kappa shape index (κ2) is 12.0. The monoisotopic (exact) mass is 588 g/mol. The first-order valence-electron chi connectivity index (χ1n) is 11.6. The van der Waals surface area contributed by atoms with Gasteiger partial charge in [0.25, 0.3) is 5.91 Å². The van der Waals surface area contributed by atoms with Crippen LogP contribution in [0.15, 0.2) is 77.3 Å². The number of piperidine rings is 1. The Morgan fingerprint density at radius 1 is 0.917 bits per heavy atom. The van der Waals surface area contributed by atoms with Crippen molar-refractivity contribution in [1.29, 1.82) is 0 Å². The van der Waals surface area contributed by atoms with Crippen LogP contribution in [0.3, 0.4) is 0 Å². The van der Waals surface area contributed by atoms with Crippen molar-refractivity contribution < 1.29 is 14.0 Å². The summed E-state index contributed by atoms with van der Waals surface area (Å²) in [6.45, 7) is 1.70. The third-order valence-electron chi connectivity index (χ3n) is 6.18. The molecular formula is C28H24BrCl2FN2O2. The molecule has 8 heteroatoms. The van der Waals surface area contributed by atoms with Gasteiger partial charge in [-0.15, -0.1) is 0 Å². The molecule has 0 atom stereocenters. The fraction of sp³-hybridized carbons (Fsp3) is 0.214. The quantitative estimate of drug-likeness (QED) is 0.315. The molecule has 1 saturated heterocycles. The van der Waals surface area contributed by atoms with Gasteiger partial charge in [-0.05, 0) is 77.9 Å². The van der Waals surface area contributed by atoms with E-state index in [1.165, 1.54) is 12.1 Å². The predicted octanol–water partition coefficient (Wildman–Crippen LogP) is 7.00. The van der Waals surface area contributed by atoms with E-state index in [4.69, 9.17) is 23.2 Å². The van der Waals surface area contributed by atoms with Crippen LogP contribution in [0.4, 0.5) is 4.39 Å². The van der Waals surface area contributed by atoms with E-state index in [2.05, 4.69) is 21.2 Å². The van der Waals surface area contributed by atoms with E-state index in [1.807, 2.05) is 29.2 Å². The van der Waals surface area contributed by atoms with Gasteiger partial charge in [-0.2, -0.15) is 0 Å². The zero-order chi connectivity index (χ0) is 25.7. The Bertz CT molecular complexity index is 1200. The number of carbonyl (C=O) groups excluding carboxylic acids is 2. The molecule has 1 heterocycles. The zero-order valence-electron chi connectivity index (χ0n) is 19.3. The third kappa shape index (κ3) is 6.96. The summed E-state index contributed by atoms with van der Waals surface area (Å²) in [5.41, 5.74) is 2.80. The maximum Gasteiger partial charge on any atom is 0.251 e. The summed E-state index contributed by atoms with van der Waals surface area (Å²) in [6, 6.07) is 18.6. The number of carbonyl (C=O) groups is 2. The Kier molecular flexibility index (Phi) is 8.83. The van der Waals surface area contributed by atoms with Crippen LogP contribution >= 0.6 is 39.1 Å². The Labute approximate surface area is 228 Å². The molecule has 1 N–H and O–H groups in total. The molecule has 36 heavy (non-hydrogen) atoms. The Balaban J connectivity index is 1.39. The van der Waals surface area contributed by atoms with Gasteiger partial charge in [0.1, 0.15) is 5.82 Å². The van der Waals surface area contributed by atoms with Crippen LogP contribution < -0.4 is 5.32 Å². The van der Waals surface area contributed by atoms with Gasteiger partial charge in [0.2, 0.25) is 5.91 Å². The van der Waals surface area contributed by atoms with Gasteiger partial charge >= 0.3 is 0 Å². The van der Waals surface area contributed by atoms with E-state index >= 15 is 0 Å². The van der Waals surface area contributed by atoms with Crippen LogP contribution in [0, 0.1) is 11.7 Å². The average molecular weight is 590 g/mol. The Hall–Kier alpha value is -2.67. The summed E-state index contributed by atoms with van der Waals surface area (Å²) in [4.78, 5) is 27.5. The highest BCUT2D eigenvalue weighted by Crippen LogP contribution is 2.27. The van der Waals surface area contributed by atoms with Crippen molar-refractivity contribution >= 4 is 56.5 Å². The molecule has 0 spiro atoms. The SMILES string of the molecule is O=C(NCC1CCN(C(=O)C=C(c2ccc(F)cc2)c2ccc(Br)cc2)CC1)c1cc(Cl)cc(Cl)c1. The van der Waals surface area contributed by atoms with E-state index in [0.29, 0.717) is 35.2 Å². The van der Waals surface area contributed by atoms with Gasteiger partial charge < -0.3 is 10.2 Å². The Morgan fingerprint density at radius 2 is 1.47 bits per heavy atom. The molecule has 3 aromatic carbocycles. The summed E-state index contributed by atoms with van der Waals surface area (Å²) in [5, 5.41) is 3.77. The number of nitrogens with zero attached hydrogens (tertiary/aromatic N) is 1. The fourth-order valence-electron chi connectivity index (χ4n) is 4.19. The first-order chi connectivity index (χ1) is 17.3. The lowest BCUT2D eigenvalue weighted by Gasteiger charge is -2.31. The minimum atomic E-state index is -0.326. The van der Waals surface area contributed by atoms with Crippen LogP contribution in [0.25, 0.3) is 5.57 Å². The minimum Gasteiger partial charge on any atom is -0.352 e. The van der Waals surface area contributed by atoms with Gasteiger partial charge in [0.15, 0.2) is 0 Å². The van der Waals surface area contributed by atoms with Gasteiger partial charge in [-0.3, -0.25) is 9.59 Å². The lowest BCUT2D eigenvalue weighted by molar-refractivity contribution is -0.127. The minimum absolute atomic E-state index is 0.0895. The molecule has 0 bridgehead atoms. The van der Waals surface area contributed by atoms with Crippen molar-refractivity contribution in [1.82, 2.24) is 10.2 Å². The molecule has 2 amide bonds. The van der Waals surface area contributed by atoms with Crippen LogP contribution in [0.5, 0.6) is 0 Å². The molecule has 186 valence electrons. The van der Waals surface area contributed by atoms with E-state index < -0.39 is 0 Å². The first-order valence-corrected chi connectivity index (χ1v) is 13.1. The summed E-state index contributed by atoms with van der Waals surface area (Å²) in [6.07, 6.45) is 3.18. The molecule has 1 fully saturated rings. The number of likely N-dealkylation sites (tertiary alicyclic amines) is 1. The van der Waals surface area contributed by atoms with E-state index in [9.17, 15) is 14.0 Å². The topological polar surface area (TPSA) is 49.4 Å². The summed E-state index contributed by atoms with van der Waals surface area (Å²) < 4.78 is 14.4. The predicted molar refractivity (Wildman–Crippen MR) is 146 cm³/mol. The number of amides is 2. The molecule has 4 nitrogen and oxygen atoms in total. The Morgan fingerprint density at radius 3 is 2.06 bits per heavy atom. The molecule has 0 aliphatic carbocycles. The van der Waals surface area contributed by atoms with Gasteiger partial charge in [-0.1, -0.05) is 63.4 Å². The summed E-state index contributed by atoms with van der Waals surface area (Å²) in [5.74, 6) is -0.375. The van der Waals surface area contributed by atoms with Crippen molar-refractivity contribution in [3.8, 4) is 0 Å². The smallest absolute Gasteiger partial charge is 0.251 e. The molecule has 0 unspecified atom stereocenters. The standard InChI is InChI=1S/C28H24BrCl2FN2O2/c29-22-5-1-19(2-6-22)26(20-3-7-25(32)8-4-20)16-27(35)34-11-9-18(10-12-34)17-33-28(36)21-13-23(30)15-24(31)14-21/h1-8,13-16,18H,9-12,17H2,(H,33,36). The van der Waals surface area contributed by atoms with Crippen LogP contribution in [0.2, 0.25) is 10.0 Å². The number of nitrogens with one attached hydrogen (secondary N) is 1. The molecule has 3 aromatic rings. The molecule has 0 radical (unpaired) electrons. The van der Waals surface area contributed by atoms with E-state index in [1.54, 1.807) is 36.4 Å². The molecule has 0 aromatic heterocycles. The lowest BCUT2D eigenvalue weighted by Crippen LogP contribution is -2.41. The highest BCUT2D eigenvalue weighted by molar-refractivity contribution is 9.10. The van der Waals surface area contributed by atoms with Crippen molar-refractivity contribution in [3.05, 3.63) is 110 Å². The number of halogens is 4. The lowest BCUT2D eigenvalue weighted by atomic mass is 9.95. The number of hydrogen-bond donors (Lipinski definition) is 1. The van der Waals surface area contributed by atoms with Crippen molar-refractivity contribution in [2.24, 2.45) is 5.92 Å². The number of benzene rings is 3.